The molecule has 20 heavy (non-hydrogen) atoms. The van der Waals surface area contributed by atoms with Crippen molar-refractivity contribution in [3.63, 3.8) is 0 Å². The van der Waals surface area contributed by atoms with E-state index in [0.717, 1.165) is 38.5 Å². The molecule has 0 N–H and O–H groups in total. The lowest BCUT2D eigenvalue weighted by Gasteiger charge is -2.35. The fourth-order valence-corrected chi connectivity index (χ4v) is 3.15. The van der Waals surface area contributed by atoms with Gasteiger partial charge >= 0.3 is 0 Å². The highest BCUT2D eigenvalue weighted by atomic mass is 32.1. The highest BCUT2D eigenvalue weighted by Gasteiger charge is 2.17. The fraction of sp³-hybridized carbons (Fsp3) is 0.400. The van der Waals surface area contributed by atoms with E-state index in [-0.39, 0.29) is 0 Å². The van der Waals surface area contributed by atoms with Crippen LogP contribution in [0.5, 0.6) is 5.75 Å². The minimum Gasteiger partial charge on any atom is -0.497 e. The van der Waals surface area contributed by atoms with Crippen molar-refractivity contribution in [3.8, 4) is 5.75 Å². The Balaban J connectivity index is 1.57. The Labute approximate surface area is 123 Å². The monoisotopic (exact) mass is 289 g/mol. The van der Waals surface area contributed by atoms with E-state index in [1.54, 1.807) is 18.4 Å². The maximum atomic E-state index is 5.29. The molecule has 0 amide bonds. The van der Waals surface area contributed by atoms with Crippen LogP contribution in [0.3, 0.4) is 0 Å². The molecule has 0 spiro atoms. The zero-order chi connectivity index (χ0) is 13.8. The van der Waals surface area contributed by atoms with E-state index in [2.05, 4.69) is 33.0 Å². The van der Waals surface area contributed by atoms with Gasteiger partial charge in [0, 0.05) is 55.6 Å². The van der Waals surface area contributed by atoms with Gasteiger partial charge in [-0.1, -0.05) is 6.07 Å². The predicted molar refractivity (Wildman–Crippen MR) is 82.6 cm³/mol. The molecule has 5 heteroatoms. The van der Waals surface area contributed by atoms with Gasteiger partial charge in [-0.25, -0.2) is 0 Å². The Kier molecular flexibility index (Phi) is 4.18. The van der Waals surface area contributed by atoms with Crippen molar-refractivity contribution in [2.24, 2.45) is 0 Å². The van der Waals surface area contributed by atoms with E-state index >= 15 is 0 Å². The first-order valence-corrected chi connectivity index (χ1v) is 7.72. The van der Waals surface area contributed by atoms with Crippen LogP contribution in [-0.2, 0) is 6.54 Å². The lowest BCUT2D eigenvalue weighted by molar-refractivity contribution is 0.251. The summed E-state index contributed by atoms with van der Waals surface area (Å²) in [6, 6.07) is 8.31. The lowest BCUT2D eigenvalue weighted by Crippen LogP contribution is -2.45. The van der Waals surface area contributed by atoms with Gasteiger partial charge in [0.15, 0.2) is 0 Å². The number of piperazine rings is 1. The second-order valence-corrected chi connectivity index (χ2v) is 5.90. The largest absolute Gasteiger partial charge is 0.497 e. The number of ether oxygens (including phenoxy) is 1. The number of benzene rings is 1. The molecule has 2 heterocycles. The van der Waals surface area contributed by atoms with Crippen molar-refractivity contribution < 1.29 is 4.74 Å². The van der Waals surface area contributed by atoms with Crippen LogP contribution < -0.4 is 9.64 Å². The van der Waals surface area contributed by atoms with Gasteiger partial charge in [-0.05, 0) is 12.1 Å². The topological polar surface area (TPSA) is 28.6 Å². The van der Waals surface area contributed by atoms with Crippen molar-refractivity contribution in [1.82, 2.24) is 9.88 Å². The highest BCUT2D eigenvalue weighted by molar-refractivity contribution is 7.09. The Morgan fingerprint density at radius 1 is 1.25 bits per heavy atom. The molecule has 0 radical (unpaired) electrons. The molecule has 3 rings (SSSR count). The molecule has 0 bridgehead atoms. The number of anilines is 1. The van der Waals surface area contributed by atoms with Crippen LogP contribution in [0, 0.1) is 0 Å². The molecule has 106 valence electrons. The van der Waals surface area contributed by atoms with E-state index in [0.29, 0.717) is 0 Å². The number of nitrogens with zero attached hydrogens (tertiary/aromatic N) is 3. The molecular formula is C15H19N3OS. The molecule has 1 saturated heterocycles. The van der Waals surface area contributed by atoms with E-state index in [1.807, 2.05) is 17.8 Å². The van der Waals surface area contributed by atoms with E-state index in [9.17, 15) is 0 Å². The van der Waals surface area contributed by atoms with Crippen LogP contribution in [0.25, 0.3) is 0 Å². The van der Waals surface area contributed by atoms with Crippen LogP contribution in [0.4, 0.5) is 5.69 Å². The summed E-state index contributed by atoms with van der Waals surface area (Å²) in [5.41, 5.74) is 3.16. The third-order valence-electron chi connectivity index (χ3n) is 3.65. The summed E-state index contributed by atoms with van der Waals surface area (Å²) in [5.74, 6) is 0.926. The van der Waals surface area contributed by atoms with Gasteiger partial charge in [-0.15, -0.1) is 11.3 Å². The molecule has 1 aliphatic rings. The minimum atomic E-state index is 0.926. The smallest absolute Gasteiger partial charge is 0.120 e. The van der Waals surface area contributed by atoms with Gasteiger partial charge < -0.3 is 9.64 Å². The number of thiazole rings is 1. The average molecular weight is 289 g/mol. The molecule has 1 aromatic heterocycles. The molecule has 1 aromatic carbocycles. The van der Waals surface area contributed by atoms with Gasteiger partial charge in [0.05, 0.1) is 12.6 Å². The standard InChI is InChI=1S/C15H19N3OS/c1-19-14-4-2-3-13(9-14)18-7-5-17(6-8-18)11-15-10-16-12-20-15/h2-4,9-10,12H,5-8,11H2,1H3. The fourth-order valence-electron chi connectivity index (χ4n) is 2.51. The van der Waals surface area contributed by atoms with Gasteiger partial charge in [0.25, 0.3) is 0 Å². The first-order chi connectivity index (χ1) is 9.85. The molecule has 0 saturated carbocycles. The first kappa shape index (κ1) is 13.4. The number of methoxy groups -OCH3 is 1. The van der Waals surface area contributed by atoms with Crippen LogP contribution >= 0.6 is 11.3 Å². The summed E-state index contributed by atoms with van der Waals surface area (Å²) in [6.07, 6.45) is 1.97. The summed E-state index contributed by atoms with van der Waals surface area (Å²) < 4.78 is 5.29. The number of hydrogen-bond donors (Lipinski definition) is 0. The van der Waals surface area contributed by atoms with Crippen molar-refractivity contribution in [2.75, 3.05) is 38.2 Å². The summed E-state index contributed by atoms with van der Waals surface area (Å²) in [6.45, 7) is 5.33. The second-order valence-electron chi connectivity index (χ2n) is 4.93. The Morgan fingerprint density at radius 2 is 2.10 bits per heavy atom. The van der Waals surface area contributed by atoms with E-state index < -0.39 is 0 Å². The molecule has 0 aliphatic carbocycles. The Morgan fingerprint density at radius 3 is 2.80 bits per heavy atom. The SMILES string of the molecule is COc1cccc(N2CCN(Cc3cncs3)CC2)c1. The quantitative estimate of drug-likeness (QED) is 0.864. The van der Waals surface area contributed by atoms with Crippen LogP contribution in [0.2, 0.25) is 0 Å². The Bertz CT molecular complexity index is 536. The highest BCUT2D eigenvalue weighted by Crippen LogP contribution is 2.22. The Hall–Kier alpha value is -1.59. The number of aromatic nitrogens is 1. The maximum absolute atomic E-state index is 5.29. The van der Waals surface area contributed by atoms with E-state index in [4.69, 9.17) is 4.74 Å². The summed E-state index contributed by atoms with van der Waals surface area (Å²) in [5, 5.41) is 0. The van der Waals surface area contributed by atoms with Gasteiger partial charge in [-0.2, -0.15) is 0 Å². The zero-order valence-corrected chi connectivity index (χ0v) is 12.5. The van der Waals surface area contributed by atoms with Gasteiger partial charge in [0.2, 0.25) is 0 Å². The van der Waals surface area contributed by atoms with Crippen LogP contribution in [0.15, 0.2) is 36.0 Å². The third-order valence-corrected chi connectivity index (χ3v) is 4.42. The van der Waals surface area contributed by atoms with Crippen molar-refractivity contribution in [3.05, 3.63) is 40.8 Å². The predicted octanol–water partition coefficient (Wildman–Crippen LogP) is 2.47. The van der Waals surface area contributed by atoms with Crippen molar-refractivity contribution >= 4 is 17.0 Å². The molecule has 4 nitrogen and oxygen atoms in total. The molecule has 1 fully saturated rings. The lowest BCUT2D eigenvalue weighted by atomic mass is 10.2. The molecule has 0 atom stereocenters. The van der Waals surface area contributed by atoms with Crippen LogP contribution in [-0.4, -0.2) is 43.2 Å². The summed E-state index contributed by atoms with van der Waals surface area (Å²) in [7, 11) is 1.71. The minimum absolute atomic E-state index is 0.926. The van der Waals surface area contributed by atoms with Gasteiger partial charge in [-0.3, -0.25) is 9.88 Å². The van der Waals surface area contributed by atoms with Crippen LogP contribution in [0.1, 0.15) is 4.88 Å². The van der Waals surface area contributed by atoms with Crippen molar-refractivity contribution in [1.29, 1.82) is 0 Å². The third kappa shape index (κ3) is 3.11. The average Bonchev–Trinajstić information content (AvgIpc) is 3.01. The normalized spacial score (nSPS) is 16.4. The summed E-state index contributed by atoms with van der Waals surface area (Å²) in [4.78, 5) is 10.4. The molecular weight excluding hydrogens is 270 g/mol. The molecule has 2 aromatic rings. The molecule has 1 aliphatic heterocycles. The number of hydrogen-bond acceptors (Lipinski definition) is 5. The number of rotatable bonds is 4. The van der Waals surface area contributed by atoms with Crippen molar-refractivity contribution in [2.45, 2.75) is 6.54 Å². The maximum Gasteiger partial charge on any atom is 0.120 e. The molecule has 0 unspecified atom stereocenters. The summed E-state index contributed by atoms with van der Waals surface area (Å²) >= 11 is 1.74. The first-order valence-electron chi connectivity index (χ1n) is 6.84. The second kappa shape index (κ2) is 6.24. The zero-order valence-electron chi connectivity index (χ0n) is 11.7. The van der Waals surface area contributed by atoms with Gasteiger partial charge in [0.1, 0.15) is 5.75 Å². The van der Waals surface area contributed by atoms with E-state index in [1.165, 1.54) is 10.6 Å².